The number of aromatic nitrogens is 1. The highest BCUT2D eigenvalue weighted by atomic mass is 35.5. The van der Waals surface area contributed by atoms with E-state index in [0.717, 1.165) is 34.8 Å². The highest BCUT2D eigenvalue weighted by Crippen LogP contribution is 2.13. The Morgan fingerprint density at radius 1 is 1.04 bits per heavy atom. The number of pyridine rings is 1. The number of aryl methyl sites for hydroxylation is 1. The van der Waals surface area contributed by atoms with Crippen molar-refractivity contribution in [1.29, 1.82) is 0 Å². The summed E-state index contributed by atoms with van der Waals surface area (Å²) in [5, 5.41) is 6.91. The van der Waals surface area contributed by atoms with E-state index in [-0.39, 0.29) is 5.91 Å². The van der Waals surface area contributed by atoms with Gasteiger partial charge in [-0.2, -0.15) is 0 Å². The quantitative estimate of drug-likeness (QED) is 0.615. The summed E-state index contributed by atoms with van der Waals surface area (Å²) >= 11 is 5.89. The molecule has 0 aliphatic carbocycles. The van der Waals surface area contributed by atoms with E-state index in [2.05, 4.69) is 15.6 Å². The average molecular weight is 380 g/mol. The summed E-state index contributed by atoms with van der Waals surface area (Å²) in [6.45, 7) is 2.81. The molecule has 2 aromatic carbocycles. The number of rotatable bonds is 7. The van der Waals surface area contributed by atoms with Gasteiger partial charge in [0.15, 0.2) is 0 Å². The lowest BCUT2D eigenvalue weighted by atomic mass is 10.1. The number of benzene rings is 2. The molecule has 0 fully saturated rings. The van der Waals surface area contributed by atoms with Crippen molar-refractivity contribution in [2.24, 2.45) is 0 Å². The summed E-state index contributed by atoms with van der Waals surface area (Å²) in [7, 11) is 0. The fraction of sp³-hybridized carbons (Fsp3) is 0.182. The first-order valence-electron chi connectivity index (χ1n) is 8.88. The van der Waals surface area contributed by atoms with Crippen LogP contribution in [0.25, 0.3) is 0 Å². The number of anilines is 2. The van der Waals surface area contributed by atoms with Crippen LogP contribution >= 0.6 is 11.6 Å². The second kappa shape index (κ2) is 9.19. The van der Waals surface area contributed by atoms with Crippen molar-refractivity contribution >= 4 is 29.0 Å². The molecule has 0 aliphatic rings. The van der Waals surface area contributed by atoms with E-state index >= 15 is 0 Å². The van der Waals surface area contributed by atoms with E-state index in [9.17, 15) is 4.79 Å². The third-order valence-corrected chi connectivity index (χ3v) is 4.39. The van der Waals surface area contributed by atoms with Crippen LogP contribution in [0.2, 0.25) is 5.02 Å². The second-order valence-electron chi connectivity index (χ2n) is 6.45. The minimum absolute atomic E-state index is 0.0726. The molecule has 0 radical (unpaired) electrons. The van der Waals surface area contributed by atoms with E-state index in [4.69, 9.17) is 11.6 Å². The molecule has 1 heterocycles. The van der Waals surface area contributed by atoms with Gasteiger partial charge in [0.1, 0.15) is 5.82 Å². The van der Waals surface area contributed by atoms with Crippen molar-refractivity contribution in [3.63, 3.8) is 0 Å². The molecule has 0 atom stereocenters. The first kappa shape index (κ1) is 18.9. The van der Waals surface area contributed by atoms with E-state index in [0.29, 0.717) is 12.2 Å². The lowest BCUT2D eigenvalue weighted by Crippen LogP contribution is -2.15. The van der Waals surface area contributed by atoms with Crippen molar-refractivity contribution in [3.05, 3.63) is 88.6 Å². The number of carbonyl (C=O) groups excluding carboxylic acids is 1. The zero-order chi connectivity index (χ0) is 19.1. The molecule has 1 aromatic heterocycles. The van der Waals surface area contributed by atoms with Gasteiger partial charge in [-0.1, -0.05) is 53.6 Å². The Kier molecular flexibility index (Phi) is 6.44. The van der Waals surface area contributed by atoms with Crippen molar-refractivity contribution in [1.82, 2.24) is 4.98 Å². The summed E-state index contributed by atoms with van der Waals surface area (Å²) in [5.74, 6) is 0.479. The van der Waals surface area contributed by atoms with Gasteiger partial charge in [0.25, 0.3) is 0 Å². The first-order chi connectivity index (χ1) is 13.1. The fourth-order valence-corrected chi connectivity index (χ4v) is 2.90. The minimum Gasteiger partial charge on any atom is -0.383 e. The largest absolute Gasteiger partial charge is 0.383 e. The van der Waals surface area contributed by atoms with Crippen molar-refractivity contribution in [2.75, 3.05) is 17.2 Å². The molecule has 0 aliphatic heterocycles. The molecule has 27 heavy (non-hydrogen) atoms. The first-order valence-corrected chi connectivity index (χ1v) is 9.26. The molecular formula is C22H22ClN3O. The SMILES string of the molecule is Cc1cccc(CC(=O)Nc2ccc(NCCc3ccc(Cl)cc3)cn2)c1. The van der Waals surface area contributed by atoms with Gasteiger partial charge in [0, 0.05) is 11.6 Å². The lowest BCUT2D eigenvalue weighted by Gasteiger charge is -2.08. The Bertz CT molecular complexity index is 892. The smallest absolute Gasteiger partial charge is 0.229 e. The second-order valence-corrected chi connectivity index (χ2v) is 6.89. The predicted octanol–water partition coefficient (Wildman–Crippen LogP) is 4.88. The number of hydrogen-bond donors (Lipinski definition) is 2. The lowest BCUT2D eigenvalue weighted by molar-refractivity contribution is -0.115. The maximum Gasteiger partial charge on any atom is 0.229 e. The fourth-order valence-electron chi connectivity index (χ4n) is 2.77. The van der Waals surface area contributed by atoms with Gasteiger partial charge in [-0.15, -0.1) is 0 Å². The molecule has 0 saturated heterocycles. The van der Waals surface area contributed by atoms with Crippen LogP contribution in [0, 0.1) is 6.92 Å². The zero-order valence-electron chi connectivity index (χ0n) is 15.2. The molecule has 0 bridgehead atoms. The number of halogens is 1. The summed E-state index contributed by atoms with van der Waals surface area (Å²) < 4.78 is 0. The molecule has 1 amide bonds. The summed E-state index contributed by atoms with van der Waals surface area (Å²) in [6, 6.07) is 19.5. The molecule has 138 valence electrons. The molecule has 0 saturated carbocycles. The van der Waals surface area contributed by atoms with Crippen LogP contribution in [0.15, 0.2) is 66.9 Å². The maximum atomic E-state index is 12.2. The van der Waals surface area contributed by atoms with Gasteiger partial charge < -0.3 is 10.6 Å². The van der Waals surface area contributed by atoms with E-state index in [1.54, 1.807) is 12.3 Å². The van der Waals surface area contributed by atoms with Gasteiger partial charge in [0.05, 0.1) is 18.3 Å². The molecule has 3 aromatic rings. The van der Waals surface area contributed by atoms with Crippen LogP contribution in [0.1, 0.15) is 16.7 Å². The molecule has 0 unspecified atom stereocenters. The Morgan fingerprint density at radius 2 is 1.85 bits per heavy atom. The summed E-state index contributed by atoms with van der Waals surface area (Å²) in [6.07, 6.45) is 2.96. The topological polar surface area (TPSA) is 54.0 Å². The van der Waals surface area contributed by atoms with Crippen LogP contribution in [0.5, 0.6) is 0 Å². The molecule has 3 rings (SSSR count). The molecular weight excluding hydrogens is 358 g/mol. The average Bonchev–Trinajstić information content (AvgIpc) is 2.65. The summed E-state index contributed by atoms with van der Waals surface area (Å²) in [4.78, 5) is 16.5. The normalized spacial score (nSPS) is 10.4. The number of nitrogens with zero attached hydrogens (tertiary/aromatic N) is 1. The highest BCUT2D eigenvalue weighted by molar-refractivity contribution is 6.30. The standard InChI is InChI=1S/C22H22ClN3O/c1-16-3-2-4-18(13-16)14-22(27)26-21-10-9-20(15-25-21)24-12-11-17-5-7-19(23)8-6-17/h2-10,13,15,24H,11-12,14H2,1H3,(H,25,26,27). The Hall–Kier alpha value is -2.85. The van der Waals surface area contributed by atoms with Crippen LogP contribution in [-0.4, -0.2) is 17.4 Å². The van der Waals surface area contributed by atoms with Gasteiger partial charge in [0.2, 0.25) is 5.91 Å². The van der Waals surface area contributed by atoms with Crippen LogP contribution in [0.4, 0.5) is 11.5 Å². The maximum absolute atomic E-state index is 12.2. The van der Waals surface area contributed by atoms with Gasteiger partial charge in [-0.3, -0.25) is 4.79 Å². The van der Waals surface area contributed by atoms with Crippen LogP contribution in [0.3, 0.4) is 0 Å². The highest BCUT2D eigenvalue weighted by Gasteiger charge is 2.05. The third-order valence-electron chi connectivity index (χ3n) is 4.13. The van der Waals surface area contributed by atoms with E-state index in [1.807, 2.05) is 61.5 Å². The summed E-state index contributed by atoms with van der Waals surface area (Å²) in [5.41, 5.74) is 4.28. The van der Waals surface area contributed by atoms with E-state index in [1.165, 1.54) is 5.56 Å². The van der Waals surface area contributed by atoms with Gasteiger partial charge >= 0.3 is 0 Å². The number of nitrogens with one attached hydrogen (secondary N) is 2. The Balaban J connectivity index is 1.46. The molecule has 2 N–H and O–H groups in total. The van der Waals surface area contributed by atoms with Crippen LogP contribution in [-0.2, 0) is 17.6 Å². The van der Waals surface area contributed by atoms with Crippen molar-refractivity contribution in [2.45, 2.75) is 19.8 Å². The molecule has 0 spiro atoms. The predicted molar refractivity (Wildman–Crippen MR) is 111 cm³/mol. The monoisotopic (exact) mass is 379 g/mol. The number of hydrogen-bond acceptors (Lipinski definition) is 3. The van der Waals surface area contributed by atoms with Crippen molar-refractivity contribution in [3.8, 4) is 0 Å². The van der Waals surface area contributed by atoms with Crippen molar-refractivity contribution < 1.29 is 4.79 Å². The number of amides is 1. The third kappa shape index (κ3) is 6.12. The Labute approximate surface area is 164 Å². The van der Waals surface area contributed by atoms with E-state index < -0.39 is 0 Å². The molecule has 5 heteroatoms. The van der Waals surface area contributed by atoms with Gasteiger partial charge in [-0.05, 0) is 48.7 Å². The van der Waals surface area contributed by atoms with Gasteiger partial charge in [-0.25, -0.2) is 4.98 Å². The van der Waals surface area contributed by atoms with Crippen LogP contribution < -0.4 is 10.6 Å². The minimum atomic E-state index is -0.0726. The zero-order valence-corrected chi connectivity index (χ0v) is 16.0. The molecule has 4 nitrogen and oxygen atoms in total. The number of carbonyl (C=O) groups is 1. The Morgan fingerprint density at radius 3 is 2.56 bits per heavy atom.